The van der Waals surface area contributed by atoms with Crippen molar-refractivity contribution in [3.05, 3.63) is 34.2 Å². The monoisotopic (exact) mass is 349 g/mol. The molecule has 4 heteroatoms. The third kappa shape index (κ3) is 4.07. The molecular weight excluding hydrogens is 326 g/mol. The van der Waals surface area contributed by atoms with Crippen molar-refractivity contribution in [2.24, 2.45) is 11.8 Å². The summed E-state index contributed by atoms with van der Waals surface area (Å²) in [6.45, 7) is 4.46. The van der Waals surface area contributed by atoms with Gasteiger partial charge in [0.05, 0.1) is 14.6 Å². The number of hydrogen-bond donors (Lipinski definition) is 1. The topological polar surface area (TPSA) is 29.1 Å². The van der Waals surface area contributed by atoms with Gasteiger partial charge in [-0.05, 0) is 42.7 Å². The van der Waals surface area contributed by atoms with Gasteiger partial charge in [0.1, 0.15) is 0 Å². The highest BCUT2D eigenvalue weighted by atomic mass is 35.5. The van der Waals surface area contributed by atoms with E-state index in [0.717, 1.165) is 38.2 Å². The molecule has 1 aromatic heterocycles. The summed E-state index contributed by atoms with van der Waals surface area (Å²) < 4.78 is 0.994. The molecule has 0 spiro atoms. The van der Waals surface area contributed by atoms with Crippen LogP contribution in [0.15, 0.2) is 24.3 Å². The number of hydrogen-bond acceptors (Lipinski definition) is 2. The van der Waals surface area contributed by atoms with Gasteiger partial charge in [0.15, 0.2) is 0 Å². The van der Waals surface area contributed by atoms with Crippen LogP contribution in [0.1, 0.15) is 55.6 Å². The average molecular weight is 350 g/mol. The van der Waals surface area contributed by atoms with Gasteiger partial charge in [-0.2, -0.15) is 0 Å². The number of halogens is 1. The number of amides is 1. The van der Waals surface area contributed by atoms with Crippen LogP contribution in [0.4, 0.5) is 0 Å². The third-order valence-corrected chi connectivity index (χ3v) is 6.53. The van der Waals surface area contributed by atoms with Crippen molar-refractivity contribution in [3.8, 4) is 0 Å². The molecule has 124 valence electrons. The second-order valence-corrected chi connectivity index (χ2v) is 8.46. The smallest absolute Gasteiger partial charge is 0.261 e. The van der Waals surface area contributed by atoms with E-state index >= 15 is 0 Å². The maximum atomic E-state index is 12.5. The van der Waals surface area contributed by atoms with Crippen LogP contribution < -0.4 is 5.32 Å². The first kappa shape index (κ1) is 16.8. The number of benzene rings is 1. The number of rotatable bonds is 4. The average Bonchev–Trinajstić information content (AvgIpc) is 2.95. The molecule has 1 saturated carbocycles. The molecular formula is C19H24ClNOS. The Labute approximate surface area is 147 Å². The first-order valence-electron chi connectivity index (χ1n) is 8.52. The summed E-state index contributed by atoms with van der Waals surface area (Å²) in [4.78, 5) is 13.2. The van der Waals surface area contributed by atoms with E-state index < -0.39 is 0 Å². The summed E-state index contributed by atoms with van der Waals surface area (Å²) in [5, 5.41) is 4.93. The van der Waals surface area contributed by atoms with E-state index in [-0.39, 0.29) is 11.9 Å². The Bertz CT molecular complexity index is 688. The lowest BCUT2D eigenvalue weighted by atomic mass is 9.80. The molecule has 1 amide bonds. The number of thiophene rings is 1. The molecule has 23 heavy (non-hydrogen) atoms. The van der Waals surface area contributed by atoms with Gasteiger partial charge in [-0.15, -0.1) is 11.3 Å². The van der Waals surface area contributed by atoms with Crippen molar-refractivity contribution in [3.63, 3.8) is 0 Å². The van der Waals surface area contributed by atoms with Crippen LogP contribution in [0.2, 0.25) is 5.02 Å². The zero-order valence-corrected chi connectivity index (χ0v) is 15.3. The zero-order valence-electron chi connectivity index (χ0n) is 13.8. The number of carbonyl (C=O) groups is 1. The van der Waals surface area contributed by atoms with Gasteiger partial charge in [0.25, 0.3) is 5.91 Å². The molecule has 2 aromatic rings. The van der Waals surface area contributed by atoms with Gasteiger partial charge < -0.3 is 5.32 Å². The normalized spacial score (nSPS) is 22.9. The molecule has 1 heterocycles. The first-order valence-corrected chi connectivity index (χ1v) is 9.71. The molecule has 0 aliphatic heterocycles. The van der Waals surface area contributed by atoms with Gasteiger partial charge in [-0.3, -0.25) is 4.79 Å². The fourth-order valence-electron chi connectivity index (χ4n) is 3.56. The van der Waals surface area contributed by atoms with Crippen LogP contribution in [0.3, 0.4) is 0 Å². The minimum atomic E-state index is 0.0268. The summed E-state index contributed by atoms with van der Waals surface area (Å²) in [6.07, 6.45) is 6.37. The highest BCUT2D eigenvalue weighted by Gasteiger charge is 2.21. The van der Waals surface area contributed by atoms with E-state index in [2.05, 4.69) is 19.2 Å². The molecule has 0 saturated heterocycles. The van der Waals surface area contributed by atoms with Crippen LogP contribution in [0.5, 0.6) is 0 Å². The maximum absolute atomic E-state index is 12.5. The highest BCUT2D eigenvalue weighted by molar-refractivity contribution is 7.21. The van der Waals surface area contributed by atoms with Gasteiger partial charge in [-0.25, -0.2) is 0 Å². The second kappa shape index (κ2) is 7.23. The van der Waals surface area contributed by atoms with E-state index in [9.17, 15) is 4.79 Å². The lowest BCUT2D eigenvalue weighted by Crippen LogP contribution is -2.34. The van der Waals surface area contributed by atoms with Crippen LogP contribution in [0, 0.1) is 11.8 Å². The number of carbonyl (C=O) groups excluding carboxylic acids is 1. The van der Waals surface area contributed by atoms with Crippen molar-refractivity contribution in [2.45, 2.75) is 52.0 Å². The SMILES string of the molecule is CC1CCC(CC(C)NC(=O)c2cc3cccc(Cl)c3s2)CC1. The largest absolute Gasteiger partial charge is 0.349 e. The molecule has 1 fully saturated rings. The lowest BCUT2D eigenvalue weighted by Gasteiger charge is -2.28. The predicted octanol–water partition coefficient (Wildman–Crippen LogP) is 5.89. The van der Waals surface area contributed by atoms with Crippen LogP contribution >= 0.6 is 22.9 Å². The summed E-state index contributed by atoms with van der Waals surface area (Å²) in [6, 6.07) is 7.96. The molecule has 1 aliphatic carbocycles. The Morgan fingerprint density at radius 2 is 2.09 bits per heavy atom. The fraction of sp³-hybridized carbons (Fsp3) is 0.526. The summed E-state index contributed by atoms with van der Waals surface area (Å²) in [5.74, 6) is 1.66. The molecule has 1 aromatic carbocycles. The van der Waals surface area contributed by atoms with Crippen LogP contribution in [-0.2, 0) is 0 Å². The summed E-state index contributed by atoms with van der Waals surface area (Å²) in [7, 11) is 0. The number of nitrogens with one attached hydrogen (secondary N) is 1. The Balaban J connectivity index is 1.60. The molecule has 1 aliphatic rings. The molecule has 1 unspecified atom stereocenters. The van der Waals surface area contributed by atoms with E-state index in [1.807, 2.05) is 24.3 Å². The Morgan fingerprint density at radius 3 is 2.78 bits per heavy atom. The van der Waals surface area contributed by atoms with Crippen molar-refractivity contribution >= 4 is 38.9 Å². The molecule has 3 rings (SSSR count). The van der Waals surface area contributed by atoms with Gasteiger partial charge in [0, 0.05) is 6.04 Å². The number of fused-ring (bicyclic) bond motifs is 1. The fourth-order valence-corrected chi connectivity index (χ4v) is 4.82. The summed E-state index contributed by atoms with van der Waals surface area (Å²) >= 11 is 7.68. The van der Waals surface area contributed by atoms with E-state index in [1.165, 1.54) is 37.0 Å². The molecule has 0 radical (unpaired) electrons. The zero-order chi connectivity index (χ0) is 16.4. The van der Waals surface area contributed by atoms with Crippen LogP contribution in [0.25, 0.3) is 10.1 Å². The standard InChI is InChI=1S/C19H24ClNOS/c1-12-6-8-14(9-7-12)10-13(2)21-19(22)17-11-15-4-3-5-16(20)18(15)23-17/h3-5,11-14H,6-10H2,1-2H3,(H,21,22). The predicted molar refractivity (Wildman–Crippen MR) is 99.5 cm³/mol. The van der Waals surface area contributed by atoms with Gasteiger partial charge >= 0.3 is 0 Å². The maximum Gasteiger partial charge on any atom is 0.261 e. The Hall–Kier alpha value is -1.06. The van der Waals surface area contributed by atoms with Crippen molar-refractivity contribution in [2.75, 3.05) is 0 Å². The molecule has 1 atom stereocenters. The van der Waals surface area contributed by atoms with Gasteiger partial charge in [0.2, 0.25) is 0 Å². The van der Waals surface area contributed by atoms with E-state index in [1.54, 1.807) is 0 Å². The molecule has 0 bridgehead atoms. The third-order valence-electron chi connectivity index (χ3n) is 4.92. The Kier molecular flexibility index (Phi) is 5.27. The summed E-state index contributed by atoms with van der Waals surface area (Å²) in [5.41, 5.74) is 0. The van der Waals surface area contributed by atoms with Crippen molar-refractivity contribution in [1.29, 1.82) is 0 Å². The second-order valence-electron chi connectivity index (χ2n) is 7.00. The van der Waals surface area contributed by atoms with Crippen molar-refractivity contribution in [1.82, 2.24) is 5.32 Å². The van der Waals surface area contributed by atoms with E-state index in [4.69, 9.17) is 11.6 Å². The Morgan fingerprint density at radius 1 is 1.35 bits per heavy atom. The van der Waals surface area contributed by atoms with Crippen LogP contribution in [-0.4, -0.2) is 11.9 Å². The molecule has 2 nitrogen and oxygen atoms in total. The van der Waals surface area contributed by atoms with Crippen molar-refractivity contribution < 1.29 is 4.79 Å². The van der Waals surface area contributed by atoms with Gasteiger partial charge in [-0.1, -0.05) is 56.3 Å². The molecule has 1 N–H and O–H groups in total. The first-order chi connectivity index (χ1) is 11.0. The highest BCUT2D eigenvalue weighted by Crippen LogP contribution is 2.33. The lowest BCUT2D eigenvalue weighted by molar-refractivity contribution is 0.0936. The minimum absolute atomic E-state index is 0.0268. The quantitative estimate of drug-likeness (QED) is 0.732. The minimum Gasteiger partial charge on any atom is -0.349 e. The van der Waals surface area contributed by atoms with E-state index in [0.29, 0.717) is 0 Å².